The van der Waals surface area contributed by atoms with Crippen LogP contribution in [0.3, 0.4) is 0 Å². The van der Waals surface area contributed by atoms with Gasteiger partial charge in [-0.15, -0.1) is 0 Å². The molecule has 0 aliphatic carbocycles. The molecule has 9 heavy (non-hydrogen) atoms. The van der Waals surface area contributed by atoms with Gasteiger partial charge >= 0.3 is 0 Å². The molecular weight excluding hydrogens is 114 g/mol. The molecule has 0 aliphatic heterocycles. The molecular formula is C7H14NO. The van der Waals surface area contributed by atoms with E-state index in [1.54, 1.807) is 0 Å². The monoisotopic (exact) mass is 128 g/mol. The Morgan fingerprint density at radius 3 is 2.22 bits per heavy atom. The molecule has 0 rings (SSSR count). The second-order valence-electron chi connectivity index (χ2n) is 2.86. The summed E-state index contributed by atoms with van der Waals surface area (Å²) in [5.74, 6) is -0.236. The number of hydrogen-bond donors (Lipinski definition) is 1. The van der Waals surface area contributed by atoms with Gasteiger partial charge in [0.2, 0.25) is 5.91 Å². The Morgan fingerprint density at radius 1 is 1.67 bits per heavy atom. The molecule has 0 saturated carbocycles. The van der Waals surface area contributed by atoms with E-state index in [0.29, 0.717) is 0 Å². The van der Waals surface area contributed by atoms with Crippen LogP contribution in [0.25, 0.3) is 0 Å². The van der Waals surface area contributed by atoms with E-state index < -0.39 is 0 Å². The average molecular weight is 128 g/mol. The maximum absolute atomic E-state index is 10.6. The van der Waals surface area contributed by atoms with Gasteiger partial charge in [0.25, 0.3) is 0 Å². The van der Waals surface area contributed by atoms with Crippen LogP contribution in [0.1, 0.15) is 27.2 Å². The standard InChI is InChI=1S/C7H14NO/c1-4-5-7(2,3)6(8)9/h4H,5H2,1-3H3,(H2,8,9). The van der Waals surface area contributed by atoms with Gasteiger partial charge in [0, 0.05) is 5.41 Å². The molecule has 0 aliphatic rings. The number of nitrogens with two attached hydrogens (primary N) is 1. The summed E-state index contributed by atoms with van der Waals surface area (Å²) in [6, 6.07) is 0. The average Bonchev–Trinajstić information content (AvgIpc) is 1.65. The summed E-state index contributed by atoms with van der Waals surface area (Å²) in [4.78, 5) is 10.6. The van der Waals surface area contributed by atoms with Crippen molar-refractivity contribution in [2.24, 2.45) is 11.1 Å². The van der Waals surface area contributed by atoms with Crippen LogP contribution < -0.4 is 5.73 Å². The van der Waals surface area contributed by atoms with Gasteiger partial charge in [-0.2, -0.15) is 0 Å². The van der Waals surface area contributed by atoms with Crippen LogP contribution in [0.2, 0.25) is 0 Å². The number of hydrogen-bond acceptors (Lipinski definition) is 1. The molecule has 0 aromatic carbocycles. The minimum atomic E-state index is -0.366. The molecule has 1 amide bonds. The Kier molecular flexibility index (Phi) is 2.68. The van der Waals surface area contributed by atoms with Gasteiger partial charge in [0.15, 0.2) is 0 Å². The van der Waals surface area contributed by atoms with Crippen LogP contribution in [-0.4, -0.2) is 5.91 Å². The summed E-state index contributed by atoms with van der Waals surface area (Å²) in [5, 5.41) is 0. The van der Waals surface area contributed by atoms with Crippen molar-refractivity contribution in [2.75, 3.05) is 0 Å². The Morgan fingerprint density at radius 2 is 2.11 bits per heavy atom. The quantitative estimate of drug-likeness (QED) is 0.608. The lowest BCUT2D eigenvalue weighted by Crippen LogP contribution is -2.31. The Balaban J connectivity index is 3.85. The maximum atomic E-state index is 10.6. The lowest BCUT2D eigenvalue weighted by atomic mass is 9.88. The van der Waals surface area contributed by atoms with E-state index in [1.807, 2.05) is 27.2 Å². The summed E-state index contributed by atoms with van der Waals surface area (Å²) in [6.07, 6.45) is 2.70. The number of rotatable bonds is 3. The van der Waals surface area contributed by atoms with Crippen LogP contribution in [0.4, 0.5) is 0 Å². The number of amides is 1. The molecule has 53 valence electrons. The highest BCUT2D eigenvalue weighted by atomic mass is 16.1. The fraction of sp³-hybridized carbons (Fsp3) is 0.714. The first kappa shape index (κ1) is 8.47. The van der Waals surface area contributed by atoms with Crippen molar-refractivity contribution in [3.8, 4) is 0 Å². The second kappa shape index (κ2) is 2.85. The van der Waals surface area contributed by atoms with Crippen LogP contribution >= 0.6 is 0 Å². The van der Waals surface area contributed by atoms with E-state index in [4.69, 9.17) is 5.73 Å². The highest BCUT2D eigenvalue weighted by Crippen LogP contribution is 2.19. The second-order valence-corrected chi connectivity index (χ2v) is 2.86. The summed E-state index contributed by atoms with van der Waals surface area (Å²) in [5.41, 5.74) is 4.73. The zero-order chi connectivity index (χ0) is 7.49. The molecule has 0 bridgehead atoms. The van der Waals surface area contributed by atoms with Crippen molar-refractivity contribution >= 4 is 5.91 Å². The van der Waals surface area contributed by atoms with Gasteiger partial charge < -0.3 is 5.73 Å². The maximum Gasteiger partial charge on any atom is 0.223 e. The summed E-state index contributed by atoms with van der Waals surface area (Å²) < 4.78 is 0. The third-order valence-corrected chi connectivity index (χ3v) is 1.38. The van der Waals surface area contributed by atoms with Crippen molar-refractivity contribution in [2.45, 2.75) is 27.2 Å². The van der Waals surface area contributed by atoms with E-state index >= 15 is 0 Å². The molecule has 0 spiro atoms. The zero-order valence-corrected chi connectivity index (χ0v) is 6.27. The van der Waals surface area contributed by atoms with Crippen molar-refractivity contribution in [3.05, 3.63) is 6.42 Å². The Hall–Kier alpha value is -0.530. The van der Waals surface area contributed by atoms with Crippen molar-refractivity contribution in [3.63, 3.8) is 0 Å². The van der Waals surface area contributed by atoms with E-state index in [1.165, 1.54) is 0 Å². The van der Waals surface area contributed by atoms with Gasteiger partial charge in [-0.25, -0.2) is 0 Å². The third-order valence-electron chi connectivity index (χ3n) is 1.38. The third kappa shape index (κ3) is 2.49. The number of carbonyl (C=O) groups is 1. The van der Waals surface area contributed by atoms with E-state index in [0.717, 1.165) is 6.42 Å². The first-order chi connectivity index (χ1) is 4.00. The Bertz CT molecular complexity index is 107. The van der Waals surface area contributed by atoms with Crippen LogP contribution in [0.15, 0.2) is 0 Å². The van der Waals surface area contributed by atoms with Gasteiger partial charge in [0.1, 0.15) is 0 Å². The summed E-state index contributed by atoms with van der Waals surface area (Å²) in [7, 11) is 0. The predicted molar refractivity (Wildman–Crippen MR) is 37.6 cm³/mol. The topological polar surface area (TPSA) is 43.1 Å². The van der Waals surface area contributed by atoms with Gasteiger partial charge in [-0.05, 0) is 12.8 Å². The number of carbonyl (C=O) groups excluding carboxylic acids is 1. The molecule has 0 fully saturated rings. The molecule has 2 nitrogen and oxygen atoms in total. The van der Waals surface area contributed by atoms with Crippen LogP contribution in [0, 0.1) is 11.8 Å². The lowest BCUT2D eigenvalue weighted by molar-refractivity contribution is -0.125. The van der Waals surface area contributed by atoms with Gasteiger partial charge in [-0.1, -0.05) is 20.8 Å². The van der Waals surface area contributed by atoms with E-state index in [-0.39, 0.29) is 11.3 Å². The largest absolute Gasteiger partial charge is 0.369 e. The minimum Gasteiger partial charge on any atom is -0.369 e. The molecule has 0 aromatic rings. The summed E-state index contributed by atoms with van der Waals surface area (Å²) >= 11 is 0. The van der Waals surface area contributed by atoms with Crippen LogP contribution in [-0.2, 0) is 4.79 Å². The molecule has 2 N–H and O–H groups in total. The molecule has 0 heterocycles. The van der Waals surface area contributed by atoms with E-state index in [9.17, 15) is 4.79 Å². The van der Waals surface area contributed by atoms with Gasteiger partial charge in [-0.3, -0.25) is 4.79 Å². The van der Waals surface area contributed by atoms with Crippen molar-refractivity contribution < 1.29 is 4.79 Å². The molecule has 2 heteroatoms. The molecule has 0 atom stereocenters. The van der Waals surface area contributed by atoms with Crippen LogP contribution in [0.5, 0.6) is 0 Å². The van der Waals surface area contributed by atoms with Gasteiger partial charge in [0.05, 0.1) is 0 Å². The fourth-order valence-electron chi connectivity index (χ4n) is 0.611. The van der Waals surface area contributed by atoms with Crippen molar-refractivity contribution in [1.29, 1.82) is 0 Å². The Labute approximate surface area is 56.4 Å². The zero-order valence-electron chi connectivity index (χ0n) is 6.27. The highest BCUT2D eigenvalue weighted by Gasteiger charge is 2.22. The SMILES string of the molecule is C[CH]CC(C)(C)C(N)=O. The predicted octanol–water partition coefficient (Wildman–Crippen LogP) is 1.11. The molecule has 0 aromatic heterocycles. The first-order valence-electron chi connectivity index (χ1n) is 3.08. The number of primary amides is 1. The highest BCUT2D eigenvalue weighted by molar-refractivity contribution is 5.79. The summed E-state index contributed by atoms with van der Waals surface area (Å²) in [6.45, 7) is 5.61. The molecule has 0 saturated heterocycles. The smallest absolute Gasteiger partial charge is 0.223 e. The molecule has 1 radical (unpaired) electrons. The van der Waals surface area contributed by atoms with E-state index in [2.05, 4.69) is 0 Å². The fourth-order valence-corrected chi connectivity index (χ4v) is 0.611. The lowest BCUT2D eigenvalue weighted by Gasteiger charge is -2.18. The normalized spacial score (nSPS) is 11.4. The van der Waals surface area contributed by atoms with Crippen molar-refractivity contribution in [1.82, 2.24) is 0 Å². The minimum absolute atomic E-state index is 0.236. The molecule has 0 unspecified atom stereocenters. The first-order valence-corrected chi connectivity index (χ1v) is 3.08.